The number of ether oxygens (including phenoxy) is 1. The zero-order chi connectivity index (χ0) is 14.7. The molecule has 6 nitrogen and oxygen atoms in total. The zero-order valence-corrected chi connectivity index (χ0v) is 11.7. The maximum atomic E-state index is 11.4. The van der Waals surface area contributed by atoms with Crippen molar-refractivity contribution in [1.29, 1.82) is 0 Å². The van der Waals surface area contributed by atoms with Gasteiger partial charge < -0.3 is 9.64 Å². The molecule has 1 fully saturated rings. The average Bonchev–Trinajstić information content (AvgIpc) is 2.38. The van der Waals surface area contributed by atoms with Gasteiger partial charge >= 0.3 is 5.69 Å². The standard InChI is InChI=1S/C14H18N2O4/c1-10(2)20-13-5-3-4-12(14(13)16(18)19)15-8-6-11(17)7-9-15/h3-5,10H,6-9H2,1-2H3. The Morgan fingerprint density at radius 2 is 1.95 bits per heavy atom. The molecule has 6 heteroatoms. The third-order valence-corrected chi connectivity index (χ3v) is 3.18. The first-order valence-corrected chi connectivity index (χ1v) is 6.69. The molecule has 1 aromatic rings. The van der Waals surface area contributed by atoms with Crippen molar-refractivity contribution in [3.63, 3.8) is 0 Å². The highest BCUT2D eigenvalue weighted by atomic mass is 16.6. The minimum atomic E-state index is -0.413. The highest BCUT2D eigenvalue weighted by molar-refractivity contribution is 5.82. The maximum absolute atomic E-state index is 11.4. The van der Waals surface area contributed by atoms with Crippen molar-refractivity contribution in [2.24, 2.45) is 0 Å². The van der Waals surface area contributed by atoms with E-state index < -0.39 is 4.92 Å². The van der Waals surface area contributed by atoms with Gasteiger partial charge in [-0.2, -0.15) is 0 Å². The number of ketones is 1. The summed E-state index contributed by atoms with van der Waals surface area (Å²) in [6.07, 6.45) is 0.741. The van der Waals surface area contributed by atoms with E-state index in [-0.39, 0.29) is 23.3 Å². The Labute approximate surface area is 117 Å². The molecule has 0 aromatic heterocycles. The Balaban J connectivity index is 2.36. The number of Topliss-reactive ketones (excluding diaryl/α,β-unsaturated/α-hetero) is 1. The summed E-state index contributed by atoms with van der Waals surface area (Å²) in [5, 5.41) is 11.4. The molecule has 0 bridgehead atoms. The van der Waals surface area contributed by atoms with Crippen LogP contribution in [0.15, 0.2) is 18.2 Å². The third kappa shape index (κ3) is 3.07. The molecule has 1 heterocycles. The van der Waals surface area contributed by atoms with Crippen LogP contribution in [-0.4, -0.2) is 29.9 Å². The summed E-state index contributed by atoms with van der Waals surface area (Å²) in [4.78, 5) is 24.1. The normalized spacial score (nSPS) is 15.6. The summed E-state index contributed by atoms with van der Waals surface area (Å²) in [6, 6.07) is 5.06. The van der Waals surface area contributed by atoms with Gasteiger partial charge in [-0.3, -0.25) is 14.9 Å². The maximum Gasteiger partial charge on any atom is 0.333 e. The number of carbonyl (C=O) groups excluding carboxylic acids is 1. The van der Waals surface area contributed by atoms with E-state index in [1.807, 2.05) is 18.7 Å². The topological polar surface area (TPSA) is 72.7 Å². The first-order chi connectivity index (χ1) is 9.49. The van der Waals surface area contributed by atoms with Crippen LogP contribution in [0, 0.1) is 10.1 Å². The smallest absolute Gasteiger partial charge is 0.333 e. The first kappa shape index (κ1) is 14.3. The lowest BCUT2D eigenvalue weighted by Crippen LogP contribution is -2.34. The van der Waals surface area contributed by atoms with Crippen LogP contribution >= 0.6 is 0 Å². The molecule has 1 aliphatic heterocycles. The van der Waals surface area contributed by atoms with Crippen LogP contribution < -0.4 is 9.64 Å². The Morgan fingerprint density at radius 3 is 2.50 bits per heavy atom. The van der Waals surface area contributed by atoms with Crippen LogP contribution in [0.3, 0.4) is 0 Å². The molecule has 20 heavy (non-hydrogen) atoms. The minimum Gasteiger partial charge on any atom is -0.484 e. The van der Waals surface area contributed by atoms with E-state index in [9.17, 15) is 14.9 Å². The van der Waals surface area contributed by atoms with Gasteiger partial charge in [-0.1, -0.05) is 6.07 Å². The second-order valence-electron chi connectivity index (χ2n) is 5.07. The molecule has 0 atom stereocenters. The first-order valence-electron chi connectivity index (χ1n) is 6.69. The number of para-hydroxylation sites is 1. The van der Waals surface area contributed by atoms with E-state index in [2.05, 4.69) is 0 Å². The van der Waals surface area contributed by atoms with Gasteiger partial charge in [-0.05, 0) is 26.0 Å². The number of nitro groups is 1. The number of piperidine rings is 1. The molecule has 0 aliphatic carbocycles. The second-order valence-corrected chi connectivity index (χ2v) is 5.07. The molecule has 0 radical (unpaired) electrons. The molecule has 1 aliphatic rings. The number of benzene rings is 1. The quantitative estimate of drug-likeness (QED) is 0.625. The predicted octanol–water partition coefficient (Wildman–Crippen LogP) is 2.55. The molecule has 1 saturated heterocycles. The lowest BCUT2D eigenvalue weighted by atomic mass is 10.1. The monoisotopic (exact) mass is 278 g/mol. The second kappa shape index (κ2) is 5.90. The predicted molar refractivity (Wildman–Crippen MR) is 75.3 cm³/mol. The lowest BCUT2D eigenvalue weighted by Gasteiger charge is -2.28. The van der Waals surface area contributed by atoms with Gasteiger partial charge in [-0.15, -0.1) is 0 Å². The molecule has 0 spiro atoms. The molecule has 0 saturated carbocycles. The van der Waals surface area contributed by atoms with E-state index in [0.717, 1.165) is 0 Å². The highest BCUT2D eigenvalue weighted by Gasteiger charge is 2.27. The van der Waals surface area contributed by atoms with Crippen LogP contribution in [0.2, 0.25) is 0 Å². The van der Waals surface area contributed by atoms with Gasteiger partial charge in [0.1, 0.15) is 11.5 Å². The number of nitrogens with zero attached hydrogens (tertiary/aromatic N) is 2. The zero-order valence-electron chi connectivity index (χ0n) is 11.7. The Bertz CT molecular complexity index is 518. The number of hydrogen-bond donors (Lipinski definition) is 0. The van der Waals surface area contributed by atoms with Gasteiger partial charge in [-0.25, -0.2) is 0 Å². The third-order valence-electron chi connectivity index (χ3n) is 3.18. The van der Waals surface area contributed by atoms with Gasteiger partial charge in [0.15, 0.2) is 5.75 Å². The Hall–Kier alpha value is -2.11. The molecule has 2 rings (SSSR count). The number of hydrogen-bond acceptors (Lipinski definition) is 5. The molecular weight excluding hydrogens is 260 g/mol. The highest BCUT2D eigenvalue weighted by Crippen LogP contribution is 2.38. The summed E-state index contributed by atoms with van der Waals surface area (Å²) >= 11 is 0. The fourth-order valence-electron chi connectivity index (χ4n) is 2.30. The molecule has 108 valence electrons. The van der Waals surface area contributed by atoms with Crippen LogP contribution in [0.1, 0.15) is 26.7 Å². The Kier molecular flexibility index (Phi) is 4.22. The molecule has 0 N–H and O–H groups in total. The van der Waals surface area contributed by atoms with Crippen molar-refractivity contribution in [3.05, 3.63) is 28.3 Å². The summed E-state index contributed by atoms with van der Waals surface area (Å²) in [5.41, 5.74) is 0.510. The van der Waals surface area contributed by atoms with E-state index in [0.29, 0.717) is 31.6 Å². The van der Waals surface area contributed by atoms with Crippen LogP contribution in [0.4, 0.5) is 11.4 Å². The Morgan fingerprint density at radius 1 is 1.30 bits per heavy atom. The number of carbonyl (C=O) groups is 1. The SMILES string of the molecule is CC(C)Oc1cccc(N2CCC(=O)CC2)c1[N+](=O)[O-]. The van der Waals surface area contributed by atoms with Gasteiger partial charge in [0.05, 0.1) is 11.0 Å². The largest absolute Gasteiger partial charge is 0.484 e. The molecular formula is C14H18N2O4. The summed E-state index contributed by atoms with van der Waals surface area (Å²) in [6.45, 7) is 4.70. The van der Waals surface area contributed by atoms with Crippen molar-refractivity contribution in [3.8, 4) is 5.75 Å². The fraction of sp³-hybridized carbons (Fsp3) is 0.500. The summed E-state index contributed by atoms with van der Waals surface area (Å²) < 4.78 is 5.52. The summed E-state index contributed by atoms with van der Waals surface area (Å²) in [7, 11) is 0. The molecule has 0 unspecified atom stereocenters. The van der Waals surface area contributed by atoms with Crippen molar-refractivity contribution >= 4 is 17.2 Å². The van der Waals surface area contributed by atoms with E-state index in [4.69, 9.17) is 4.74 Å². The fourth-order valence-corrected chi connectivity index (χ4v) is 2.30. The number of rotatable bonds is 4. The van der Waals surface area contributed by atoms with Crippen molar-refractivity contribution < 1.29 is 14.5 Å². The van der Waals surface area contributed by atoms with E-state index in [1.54, 1.807) is 18.2 Å². The lowest BCUT2D eigenvalue weighted by molar-refractivity contribution is -0.385. The average molecular weight is 278 g/mol. The van der Waals surface area contributed by atoms with E-state index >= 15 is 0 Å². The van der Waals surface area contributed by atoms with Crippen molar-refractivity contribution in [2.45, 2.75) is 32.8 Å². The summed E-state index contributed by atoms with van der Waals surface area (Å²) in [5.74, 6) is 0.484. The minimum absolute atomic E-state index is 0.0180. The van der Waals surface area contributed by atoms with Crippen LogP contribution in [0.5, 0.6) is 5.75 Å². The number of anilines is 1. The van der Waals surface area contributed by atoms with Crippen LogP contribution in [0.25, 0.3) is 0 Å². The van der Waals surface area contributed by atoms with Gasteiger partial charge in [0.25, 0.3) is 0 Å². The van der Waals surface area contributed by atoms with Crippen molar-refractivity contribution in [1.82, 2.24) is 0 Å². The van der Waals surface area contributed by atoms with Crippen LogP contribution in [-0.2, 0) is 4.79 Å². The molecule has 1 aromatic carbocycles. The number of nitro benzene ring substituents is 1. The van der Waals surface area contributed by atoms with Gasteiger partial charge in [0.2, 0.25) is 0 Å². The van der Waals surface area contributed by atoms with Gasteiger partial charge in [0, 0.05) is 25.9 Å². The van der Waals surface area contributed by atoms with E-state index in [1.165, 1.54) is 0 Å². The van der Waals surface area contributed by atoms with Crippen molar-refractivity contribution in [2.75, 3.05) is 18.0 Å². The molecule has 0 amide bonds.